The largest absolute Gasteiger partial charge is 0.451 e. The predicted molar refractivity (Wildman–Crippen MR) is 68.5 cm³/mol. The second-order valence-corrected chi connectivity index (χ2v) is 4.38. The van der Waals surface area contributed by atoms with Crippen LogP contribution < -0.4 is 0 Å². The van der Waals surface area contributed by atoms with Gasteiger partial charge in [0, 0.05) is 24.4 Å². The Hall–Kier alpha value is -1.48. The van der Waals surface area contributed by atoms with Crippen molar-refractivity contribution in [3.05, 3.63) is 36.1 Å². The van der Waals surface area contributed by atoms with Crippen LogP contribution in [-0.2, 0) is 0 Å². The molecule has 1 heterocycles. The standard InChI is InChI=1S/C13H14ClNO2/c1-9(8-14)15(2)13(16)12-7-10-5-3-4-6-11(10)17-12/h3-7,9H,8H2,1-2H3. The molecule has 1 atom stereocenters. The number of carbonyl (C=O) groups is 1. The van der Waals surface area contributed by atoms with E-state index in [0.29, 0.717) is 11.6 Å². The maximum atomic E-state index is 12.1. The van der Waals surface area contributed by atoms with Crippen molar-refractivity contribution >= 4 is 28.5 Å². The van der Waals surface area contributed by atoms with Crippen LogP contribution in [-0.4, -0.2) is 29.8 Å². The summed E-state index contributed by atoms with van der Waals surface area (Å²) in [6.45, 7) is 1.90. The topological polar surface area (TPSA) is 33.5 Å². The zero-order valence-corrected chi connectivity index (χ0v) is 10.6. The van der Waals surface area contributed by atoms with Gasteiger partial charge in [-0.2, -0.15) is 0 Å². The number of nitrogens with zero attached hydrogens (tertiary/aromatic N) is 1. The molecule has 3 nitrogen and oxygen atoms in total. The Morgan fingerprint density at radius 2 is 2.18 bits per heavy atom. The van der Waals surface area contributed by atoms with Gasteiger partial charge in [0.1, 0.15) is 5.58 Å². The molecule has 0 bridgehead atoms. The van der Waals surface area contributed by atoms with E-state index >= 15 is 0 Å². The molecular weight excluding hydrogens is 238 g/mol. The molecule has 1 unspecified atom stereocenters. The molecule has 90 valence electrons. The molecule has 0 aliphatic rings. The van der Waals surface area contributed by atoms with Gasteiger partial charge in [0.05, 0.1) is 0 Å². The Morgan fingerprint density at radius 3 is 2.82 bits per heavy atom. The highest BCUT2D eigenvalue weighted by atomic mass is 35.5. The molecule has 0 spiro atoms. The smallest absolute Gasteiger partial charge is 0.289 e. The summed E-state index contributed by atoms with van der Waals surface area (Å²) in [5, 5.41) is 0.933. The maximum Gasteiger partial charge on any atom is 0.289 e. The van der Waals surface area contributed by atoms with Gasteiger partial charge in [-0.3, -0.25) is 4.79 Å². The maximum absolute atomic E-state index is 12.1. The number of alkyl halides is 1. The van der Waals surface area contributed by atoms with Gasteiger partial charge in [0.2, 0.25) is 0 Å². The van der Waals surface area contributed by atoms with Gasteiger partial charge in [-0.05, 0) is 19.1 Å². The fourth-order valence-electron chi connectivity index (χ4n) is 1.56. The SMILES string of the molecule is CC(CCl)N(C)C(=O)c1cc2ccccc2o1. The number of benzene rings is 1. The normalized spacial score (nSPS) is 12.6. The molecule has 4 heteroatoms. The average Bonchev–Trinajstić information content (AvgIpc) is 2.79. The molecule has 1 aromatic carbocycles. The van der Waals surface area contributed by atoms with E-state index in [1.165, 1.54) is 0 Å². The van der Waals surface area contributed by atoms with E-state index in [0.717, 1.165) is 11.0 Å². The van der Waals surface area contributed by atoms with Crippen molar-refractivity contribution in [1.29, 1.82) is 0 Å². The lowest BCUT2D eigenvalue weighted by Gasteiger charge is -2.21. The Kier molecular flexibility index (Phi) is 3.38. The van der Waals surface area contributed by atoms with Crippen molar-refractivity contribution < 1.29 is 9.21 Å². The first-order valence-corrected chi connectivity index (χ1v) is 5.98. The molecule has 0 saturated carbocycles. The number of rotatable bonds is 3. The average molecular weight is 252 g/mol. The molecule has 0 aliphatic heterocycles. The third-order valence-electron chi connectivity index (χ3n) is 2.84. The molecule has 0 radical (unpaired) electrons. The lowest BCUT2D eigenvalue weighted by molar-refractivity contribution is 0.0727. The Balaban J connectivity index is 2.30. The number of fused-ring (bicyclic) bond motifs is 1. The van der Waals surface area contributed by atoms with Gasteiger partial charge >= 0.3 is 0 Å². The number of hydrogen-bond acceptors (Lipinski definition) is 2. The highest BCUT2D eigenvalue weighted by molar-refractivity contribution is 6.18. The van der Waals surface area contributed by atoms with Crippen LogP contribution in [0.15, 0.2) is 34.7 Å². The first kappa shape index (κ1) is 12.0. The molecule has 2 aromatic rings. The van der Waals surface area contributed by atoms with Crippen LogP contribution in [0.2, 0.25) is 0 Å². The molecule has 0 aliphatic carbocycles. The summed E-state index contributed by atoms with van der Waals surface area (Å²) in [6.07, 6.45) is 0. The first-order chi connectivity index (χ1) is 8.13. The summed E-state index contributed by atoms with van der Waals surface area (Å²) in [6, 6.07) is 9.30. The van der Waals surface area contributed by atoms with E-state index in [1.54, 1.807) is 18.0 Å². The highest BCUT2D eigenvalue weighted by Gasteiger charge is 2.20. The van der Waals surface area contributed by atoms with E-state index in [-0.39, 0.29) is 11.9 Å². The second-order valence-electron chi connectivity index (χ2n) is 4.07. The van der Waals surface area contributed by atoms with Gasteiger partial charge in [-0.15, -0.1) is 11.6 Å². The van der Waals surface area contributed by atoms with E-state index in [1.807, 2.05) is 31.2 Å². The minimum absolute atomic E-state index is 0.0163. The second kappa shape index (κ2) is 4.80. The Bertz CT molecular complexity index is 502. The van der Waals surface area contributed by atoms with Crippen LogP contribution in [0.25, 0.3) is 11.0 Å². The number of para-hydroxylation sites is 1. The minimum atomic E-state index is -0.144. The lowest BCUT2D eigenvalue weighted by Crippen LogP contribution is -2.35. The number of halogens is 1. The number of furan rings is 1. The van der Waals surface area contributed by atoms with Crippen LogP contribution >= 0.6 is 11.6 Å². The van der Waals surface area contributed by atoms with E-state index < -0.39 is 0 Å². The van der Waals surface area contributed by atoms with E-state index in [2.05, 4.69) is 0 Å². The van der Waals surface area contributed by atoms with Crippen molar-refractivity contribution in [2.75, 3.05) is 12.9 Å². The Morgan fingerprint density at radius 1 is 1.47 bits per heavy atom. The number of carbonyl (C=O) groups excluding carboxylic acids is 1. The summed E-state index contributed by atoms with van der Waals surface area (Å²) < 4.78 is 5.51. The zero-order valence-electron chi connectivity index (χ0n) is 9.81. The van der Waals surface area contributed by atoms with Crippen LogP contribution in [0.4, 0.5) is 0 Å². The Labute approximate surface area is 105 Å². The molecule has 0 saturated heterocycles. The summed E-state index contributed by atoms with van der Waals surface area (Å²) >= 11 is 5.73. The van der Waals surface area contributed by atoms with Crippen LogP contribution in [0.3, 0.4) is 0 Å². The van der Waals surface area contributed by atoms with Crippen molar-refractivity contribution in [1.82, 2.24) is 4.90 Å². The van der Waals surface area contributed by atoms with Gasteiger partial charge in [0.15, 0.2) is 5.76 Å². The molecular formula is C13H14ClNO2. The highest BCUT2D eigenvalue weighted by Crippen LogP contribution is 2.20. The summed E-state index contributed by atoms with van der Waals surface area (Å²) in [7, 11) is 1.72. The summed E-state index contributed by atoms with van der Waals surface area (Å²) in [5.41, 5.74) is 0.725. The van der Waals surface area contributed by atoms with Crippen molar-refractivity contribution in [3.63, 3.8) is 0 Å². The zero-order chi connectivity index (χ0) is 12.4. The third-order valence-corrected chi connectivity index (χ3v) is 3.29. The molecule has 0 N–H and O–H groups in total. The molecule has 1 aromatic heterocycles. The lowest BCUT2D eigenvalue weighted by atomic mass is 10.2. The quantitative estimate of drug-likeness (QED) is 0.786. The van der Waals surface area contributed by atoms with Crippen LogP contribution in [0.1, 0.15) is 17.5 Å². The monoisotopic (exact) mass is 251 g/mol. The number of hydrogen-bond donors (Lipinski definition) is 0. The molecule has 1 amide bonds. The fourth-order valence-corrected chi connectivity index (χ4v) is 1.77. The van der Waals surface area contributed by atoms with Gasteiger partial charge < -0.3 is 9.32 Å². The molecule has 2 rings (SSSR count). The first-order valence-electron chi connectivity index (χ1n) is 5.45. The summed E-state index contributed by atoms with van der Waals surface area (Å²) in [4.78, 5) is 13.7. The van der Waals surface area contributed by atoms with Gasteiger partial charge in [0.25, 0.3) is 5.91 Å². The van der Waals surface area contributed by atoms with Gasteiger partial charge in [-0.25, -0.2) is 0 Å². The fraction of sp³-hybridized carbons (Fsp3) is 0.308. The van der Waals surface area contributed by atoms with Crippen molar-refractivity contribution in [2.24, 2.45) is 0 Å². The van der Waals surface area contributed by atoms with E-state index in [9.17, 15) is 4.79 Å². The van der Waals surface area contributed by atoms with Crippen LogP contribution in [0.5, 0.6) is 0 Å². The predicted octanol–water partition coefficient (Wildman–Crippen LogP) is 3.13. The van der Waals surface area contributed by atoms with Crippen molar-refractivity contribution in [2.45, 2.75) is 13.0 Å². The number of amides is 1. The summed E-state index contributed by atoms with van der Waals surface area (Å²) in [5.74, 6) is 0.614. The molecule has 17 heavy (non-hydrogen) atoms. The van der Waals surface area contributed by atoms with E-state index in [4.69, 9.17) is 16.0 Å². The molecule has 0 fully saturated rings. The van der Waals surface area contributed by atoms with Crippen LogP contribution in [0, 0.1) is 0 Å². The minimum Gasteiger partial charge on any atom is -0.451 e. The van der Waals surface area contributed by atoms with Gasteiger partial charge in [-0.1, -0.05) is 18.2 Å². The third kappa shape index (κ3) is 2.29. The van der Waals surface area contributed by atoms with Crippen molar-refractivity contribution in [3.8, 4) is 0 Å².